The Kier molecular flexibility index (Phi) is 2.49. The molecule has 0 bridgehead atoms. The predicted octanol–water partition coefficient (Wildman–Crippen LogP) is 3.03. The van der Waals surface area contributed by atoms with Crippen LogP contribution in [-0.4, -0.2) is 12.8 Å². The molecule has 1 aromatic rings. The zero-order chi connectivity index (χ0) is 9.26. The number of nitrogens with zero attached hydrogens (tertiary/aromatic N) is 1. The van der Waals surface area contributed by atoms with Crippen molar-refractivity contribution in [2.24, 2.45) is 0 Å². The molecule has 1 nitrogen and oxygen atoms in total. The van der Waals surface area contributed by atoms with Crippen LogP contribution < -0.4 is 4.31 Å². The van der Waals surface area contributed by atoms with E-state index in [1.54, 1.807) is 5.56 Å². The average molecular weight is 193 g/mol. The van der Waals surface area contributed by atoms with Crippen molar-refractivity contribution in [1.29, 1.82) is 0 Å². The Bertz CT molecular complexity index is 309. The van der Waals surface area contributed by atoms with Crippen molar-refractivity contribution in [3.63, 3.8) is 0 Å². The highest BCUT2D eigenvalue weighted by atomic mass is 32.2. The van der Waals surface area contributed by atoms with Gasteiger partial charge in [-0.1, -0.05) is 24.1 Å². The van der Waals surface area contributed by atoms with E-state index in [9.17, 15) is 0 Å². The van der Waals surface area contributed by atoms with Crippen LogP contribution >= 0.6 is 11.9 Å². The Morgan fingerprint density at radius 1 is 1.38 bits per heavy atom. The molecule has 0 amide bonds. The van der Waals surface area contributed by atoms with E-state index in [1.807, 2.05) is 11.9 Å². The van der Waals surface area contributed by atoms with Gasteiger partial charge in [0.1, 0.15) is 0 Å². The van der Waals surface area contributed by atoms with Crippen molar-refractivity contribution in [1.82, 2.24) is 0 Å². The van der Waals surface area contributed by atoms with E-state index in [-0.39, 0.29) is 0 Å². The summed E-state index contributed by atoms with van der Waals surface area (Å²) in [4.78, 5) is 0. The standard InChI is InChI=1S/C11H15NS/c1-9-5-3-7-11-10(9)6-4-8-12(11)13-2/h3,5,7H,4,6,8H2,1-2H3. The van der Waals surface area contributed by atoms with Crippen LogP contribution in [0.1, 0.15) is 17.5 Å². The van der Waals surface area contributed by atoms with Gasteiger partial charge in [0.05, 0.1) is 5.69 Å². The van der Waals surface area contributed by atoms with E-state index in [0.717, 1.165) is 0 Å². The summed E-state index contributed by atoms with van der Waals surface area (Å²) in [7, 11) is 0. The molecule has 0 spiro atoms. The molecule has 1 aliphatic heterocycles. The third kappa shape index (κ3) is 1.55. The second-order valence-electron chi connectivity index (χ2n) is 3.46. The Balaban J connectivity index is 2.45. The highest BCUT2D eigenvalue weighted by Crippen LogP contribution is 2.32. The van der Waals surface area contributed by atoms with Crippen molar-refractivity contribution in [3.8, 4) is 0 Å². The van der Waals surface area contributed by atoms with Gasteiger partial charge < -0.3 is 4.31 Å². The Morgan fingerprint density at radius 2 is 2.23 bits per heavy atom. The first-order chi connectivity index (χ1) is 6.33. The molecule has 0 saturated heterocycles. The summed E-state index contributed by atoms with van der Waals surface area (Å²) in [5.41, 5.74) is 4.41. The van der Waals surface area contributed by atoms with E-state index in [2.05, 4.69) is 35.7 Å². The number of benzene rings is 1. The van der Waals surface area contributed by atoms with E-state index in [1.165, 1.54) is 30.6 Å². The molecule has 0 aliphatic carbocycles. The number of hydrogen-bond acceptors (Lipinski definition) is 2. The minimum atomic E-state index is 1.19. The van der Waals surface area contributed by atoms with Crippen molar-refractivity contribution < 1.29 is 0 Å². The summed E-state index contributed by atoms with van der Waals surface area (Å²) in [5.74, 6) is 0. The fourth-order valence-corrected chi connectivity index (χ4v) is 2.63. The van der Waals surface area contributed by atoms with Crippen LogP contribution in [-0.2, 0) is 6.42 Å². The molecule has 1 aromatic carbocycles. The van der Waals surface area contributed by atoms with Crippen molar-refractivity contribution in [2.45, 2.75) is 19.8 Å². The van der Waals surface area contributed by atoms with Gasteiger partial charge in [-0.2, -0.15) is 0 Å². The second kappa shape index (κ2) is 3.62. The number of aryl methyl sites for hydroxylation is 1. The largest absolute Gasteiger partial charge is 0.316 e. The normalized spacial score (nSPS) is 15.7. The van der Waals surface area contributed by atoms with E-state index >= 15 is 0 Å². The first kappa shape index (κ1) is 8.95. The van der Waals surface area contributed by atoms with Crippen LogP contribution in [0.3, 0.4) is 0 Å². The maximum atomic E-state index is 2.39. The molecule has 0 saturated carbocycles. The van der Waals surface area contributed by atoms with Gasteiger partial charge >= 0.3 is 0 Å². The van der Waals surface area contributed by atoms with E-state index < -0.39 is 0 Å². The number of rotatable bonds is 1. The highest BCUT2D eigenvalue weighted by molar-refractivity contribution is 7.99. The van der Waals surface area contributed by atoms with Crippen LogP contribution in [0.25, 0.3) is 0 Å². The van der Waals surface area contributed by atoms with Crippen LogP contribution in [0, 0.1) is 6.92 Å². The second-order valence-corrected chi connectivity index (χ2v) is 4.27. The van der Waals surface area contributed by atoms with Gasteiger partial charge in [0.2, 0.25) is 0 Å². The van der Waals surface area contributed by atoms with Crippen LogP contribution in [0.2, 0.25) is 0 Å². The summed E-state index contributed by atoms with van der Waals surface area (Å²) in [5, 5.41) is 0. The van der Waals surface area contributed by atoms with Gasteiger partial charge in [-0.15, -0.1) is 0 Å². The van der Waals surface area contributed by atoms with Gasteiger partial charge in [-0.05, 0) is 37.0 Å². The van der Waals surface area contributed by atoms with Crippen molar-refractivity contribution in [2.75, 3.05) is 17.1 Å². The Hall–Kier alpha value is -0.630. The molecule has 1 heterocycles. The lowest BCUT2D eigenvalue weighted by atomic mass is 9.99. The van der Waals surface area contributed by atoms with Gasteiger partial charge in [0, 0.05) is 12.8 Å². The monoisotopic (exact) mass is 193 g/mol. The number of fused-ring (bicyclic) bond motifs is 1. The zero-order valence-electron chi connectivity index (χ0n) is 8.21. The van der Waals surface area contributed by atoms with E-state index in [4.69, 9.17) is 0 Å². The topological polar surface area (TPSA) is 3.24 Å². The number of anilines is 1. The molecule has 2 heteroatoms. The molecule has 0 fully saturated rings. The van der Waals surface area contributed by atoms with E-state index in [0.29, 0.717) is 0 Å². The molecule has 13 heavy (non-hydrogen) atoms. The molecular weight excluding hydrogens is 178 g/mol. The first-order valence-corrected chi connectivity index (χ1v) is 5.91. The molecule has 2 rings (SSSR count). The van der Waals surface area contributed by atoms with Gasteiger partial charge in [-0.3, -0.25) is 0 Å². The molecular formula is C11H15NS. The summed E-state index contributed by atoms with van der Waals surface area (Å²) < 4.78 is 2.39. The fourth-order valence-electron chi connectivity index (χ4n) is 1.96. The molecule has 1 aliphatic rings. The maximum Gasteiger partial charge on any atom is 0.0504 e. The molecule has 0 unspecified atom stereocenters. The molecule has 0 aromatic heterocycles. The third-order valence-corrected chi connectivity index (χ3v) is 3.48. The lowest BCUT2D eigenvalue weighted by Crippen LogP contribution is -2.22. The molecule has 0 N–H and O–H groups in total. The van der Waals surface area contributed by atoms with Crippen LogP contribution in [0.15, 0.2) is 18.2 Å². The van der Waals surface area contributed by atoms with Gasteiger partial charge in [-0.25, -0.2) is 0 Å². The summed E-state index contributed by atoms with van der Waals surface area (Å²) in [6.07, 6.45) is 4.69. The minimum Gasteiger partial charge on any atom is -0.316 e. The Labute approximate surface area is 84.3 Å². The lowest BCUT2D eigenvalue weighted by molar-refractivity contribution is 0.791. The fraction of sp³-hybridized carbons (Fsp3) is 0.455. The van der Waals surface area contributed by atoms with Crippen LogP contribution in [0.5, 0.6) is 0 Å². The summed E-state index contributed by atoms with van der Waals surface area (Å²) in [6.45, 7) is 3.40. The average Bonchev–Trinajstić information content (AvgIpc) is 2.18. The number of hydrogen-bond donors (Lipinski definition) is 0. The Morgan fingerprint density at radius 3 is 3.00 bits per heavy atom. The third-order valence-electron chi connectivity index (χ3n) is 2.66. The molecule has 0 atom stereocenters. The summed E-state index contributed by atoms with van der Waals surface area (Å²) in [6, 6.07) is 6.60. The molecule has 70 valence electrons. The highest BCUT2D eigenvalue weighted by Gasteiger charge is 2.16. The molecule has 0 radical (unpaired) electrons. The summed E-state index contributed by atoms with van der Waals surface area (Å²) >= 11 is 1.83. The quantitative estimate of drug-likeness (QED) is 0.631. The minimum absolute atomic E-state index is 1.19. The maximum absolute atomic E-state index is 2.39. The van der Waals surface area contributed by atoms with Crippen molar-refractivity contribution >= 4 is 17.6 Å². The zero-order valence-corrected chi connectivity index (χ0v) is 9.03. The van der Waals surface area contributed by atoms with Crippen LogP contribution in [0.4, 0.5) is 5.69 Å². The van der Waals surface area contributed by atoms with Gasteiger partial charge in [0.15, 0.2) is 0 Å². The SMILES string of the molecule is CSN1CCCc2c(C)cccc21. The smallest absolute Gasteiger partial charge is 0.0504 e. The predicted molar refractivity (Wildman–Crippen MR) is 60.4 cm³/mol. The van der Waals surface area contributed by atoms with Crippen molar-refractivity contribution in [3.05, 3.63) is 29.3 Å². The van der Waals surface area contributed by atoms with Gasteiger partial charge in [0.25, 0.3) is 0 Å². The first-order valence-electron chi connectivity index (χ1n) is 4.73. The lowest BCUT2D eigenvalue weighted by Gasteiger charge is -2.29.